The number of nitrogens with zero attached hydrogens (tertiary/aromatic N) is 3. The molecule has 0 bridgehead atoms. The van der Waals surface area contributed by atoms with E-state index in [1.165, 1.54) is 19.4 Å². The fraction of sp³-hybridized carbons (Fsp3) is 0.933. The lowest BCUT2D eigenvalue weighted by molar-refractivity contribution is 0.128. The van der Waals surface area contributed by atoms with Gasteiger partial charge in [0.05, 0.1) is 6.07 Å². The van der Waals surface area contributed by atoms with Crippen molar-refractivity contribution in [1.82, 2.24) is 15.1 Å². The lowest BCUT2D eigenvalue weighted by atomic mass is 9.98. The predicted octanol–water partition coefficient (Wildman–Crippen LogP) is 1.68. The van der Waals surface area contributed by atoms with E-state index in [-0.39, 0.29) is 5.54 Å². The van der Waals surface area contributed by atoms with E-state index < -0.39 is 0 Å². The summed E-state index contributed by atoms with van der Waals surface area (Å²) in [5.41, 5.74) is -0.384. The largest absolute Gasteiger partial charge is 0.305 e. The molecule has 4 nitrogen and oxygen atoms in total. The van der Waals surface area contributed by atoms with Gasteiger partial charge in [-0.15, -0.1) is 0 Å². The van der Waals surface area contributed by atoms with Crippen LogP contribution in [0.2, 0.25) is 0 Å². The van der Waals surface area contributed by atoms with E-state index in [0.29, 0.717) is 6.04 Å². The molecule has 0 amide bonds. The molecule has 2 unspecified atom stereocenters. The van der Waals surface area contributed by atoms with Crippen LogP contribution in [0.1, 0.15) is 39.5 Å². The first-order valence-corrected chi connectivity index (χ1v) is 7.56. The van der Waals surface area contributed by atoms with Gasteiger partial charge in [0.25, 0.3) is 0 Å². The quantitative estimate of drug-likeness (QED) is 0.761. The zero-order valence-corrected chi connectivity index (χ0v) is 13.1. The van der Waals surface area contributed by atoms with Crippen molar-refractivity contribution in [3.05, 3.63) is 0 Å². The van der Waals surface area contributed by atoms with Crippen LogP contribution in [0.15, 0.2) is 0 Å². The maximum absolute atomic E-state index is 9.34. The highest BCUT2D eigenvalue weighted by atomic mass is 15.2. The number of rotatable bonds is 7. The van der Waals surface area contributed by atoms with Crippen LogP contribution in [-0.2, 0) is 0 Å². The topological polar surface area (TPSA) is 42.3 Å². The lowest BCUT2D eigenvalue weighted by Gasteiger charge is -2.37. The van der Waals surface area contributed by atoms with Crippen LogP contribution in [0.3, 0.4) is 0 Å². The summed E-state index contributed by atoms with van der Waals surface area (Å²) >= 11 is 0. The summed E-state index contributed by atoms with van der Waals surface area (Å²) in [6.45, 7) is 8.43. The molecule has 1 aliphatic rings. The molecule has 1 heterocycles. The van der Waals surface area contributed by atoms with E-state index in [2.05, 4.69) is 42.2 Å². The van der Waals surface area contributed by atoms with Crippen LogP contribution in [0.5, 0.6) is 0 Å². The van der Waals surface area contributed by atoms with Gasteiger partial charge in [-0.2, -0.15) is 5.26 Å². The maximum atomic E-state index is 9.34. The van der Waals surface area contributed by atoms with E-state index in [9.17, 15) is 5.26 Å². The average molecular weight is 266 g/mol. The van der Waals surface area contributed by atoms with Crippen LogP contribution in [0.4, 0.5) is 0 Å². The Balaban J connectivity index is 2.39. The predicted molar refractivity (Wildman–Crippen MR) is 80.1 cm³/mol. The fourth-order valence-corrected chi connectivity index (χ4v) is 2.67. The Morgan fingerprint density at radius 1 is 1.53 bits per heavy atom. The Kier molecular flexibility index (Phi) is 6.78. The smallest absolute Gasteiger partial charge is 0.105 e. The second-order valence-electron chi connectivity index (χ2n) is 6.16. The zero-order chi connectivity index (χ0) is 14.3. The van der Waals surface area contributed by atoms with Crippen LogP contribution < -0.4 is 5.32 Å². The van der Waals surface area contributed by atoms with Crippen molar-refractivity contribution in [1.29, 1.82) is 5.26 Å². The number of likely N-dealkylation sites (N-methyl/N-ethyl adjacent to an activating group) is 2. The summed E-state index contributed by atoms with van der Waals surface area (Å²) in [5, 5.41) is 12.7. The number of hydrogen-bond acceptors (Lipinski definition) is 4. The highest BCUT2D eigenvalue weighted by molar-refractivity contribution is 5.04. The molecular formula is C15H30N4. The minimum Gasteiger partial charge on any atom is -0.305 e. The molecule has 1 N–H and O–H groups in total. The van der Waals surface area contributed by atoms with Crippen molar-refractivity contribution in [2.75, 3.05) is 40.3 Å². The van der Waals surface area contributed by atoms with Gasteiger partial charge in [0.2, 0.25) is 0 Å². The minimum absolute atomic E-state index is 0.384. The number of nitrogens with one attached hydrogen (secondary N) is 1. The number of nitriles is 1. The standard InChI is InChI=1S/C15H30N4/c1-5-9-17-15(2,13-16)8-11-19(4)14-7-6-10-18(3)12-14/h14,17H,5-12H2,1-4H3. The number of likely N-dealkylation sites (tertiary alicyclic amines) is 1. The van der Waals surface area contributed by atoms with Crippen molar-refractivity contribution in [2.45, 2.75) is 51.1 Å². The first kappa shape index (κ1) is 16.4. The molecule has 1 rings (SSSR count). The molecule has 0 aromatic carbocycles. The van der Waals surface area contributed by atoms with E-state index in [4.69, 9.17) is 0 Å². The molecule has 0 saturated carbocycles. The molecule has 1 saturated heterocycles. The molecule has 0 aromatic rings. The van der Waals surface area contributed by atoms with Gasteiger partial charge >= 0.3 is 0 Å². The molecule has 1 fully saturated rings. The summed E-state index contributed by atoms with van der Waals surface area (Å²) in [7, 11) is 4.39. The first-order chi connectivity index (χ1) is 9.00. The average Bonchev–Trinajstić information content (AvgIpc) is 2.42. The third-order valence-corrected chi connectivity index (χ3v) is 4.20. The summed E-state index contributed by atoms with van der Waals surface area (Å²) in [4.78, 5) is 4.84. The van der Waals surface area contributed by atoms with Crippen LogP contribution >= 0.6 is 0 Å². The molecule has 19 heavy (non-hydrogen) atoms. The zero-order valence-electron chi connectivity index (χ0n) is 13.1. The maximum Gasteiger partial charge on any atom is 0.105 e. The molecule has 0 aliphatic carbocycles. The number of piperidine rings is 1. The summed E-state index contributed by atoms with van der Waals surface area (Å²) < 4.78 is 0. The minimum atomic E-state index is -0.384. The third kappa shape index (κ3) is 5.48. The van der Waals surface area contributed by atoms with E-state index >= 15 is 0 Å². The Labute approximate surface area is 118 Å². The summed E-state index contributed by atoms with van der Waals surface area (Å²) in [6, 6.07) is 3.08. The van der Waals surface area contributed by atoms with Gasteiger partial charge in [0, 0.05) is 19.1 Å². The van der Waals surface area contributed by atoms with Crippen molar-refractivity contribution < 1.29 is 0 Å². The highest BCUT2D eigenvalue weighted by Crippen LogP contribution is 2.16. The van der Waals surface area contributed by atoms with Crippen LogP contribution in [0.25, 0.3) is 0 Å². The summed E-state index contributed by atoms with van der Waals surface area (Å²) in [5.74, 6) is 0. The van der Waals surface area contributed by atoms with Gasteiger partial charge < -0.3 is 9.80 Å². The first-order valence-electron chi connectivity index (χ1n) is 7.56. The van der Waals surface area contributed by atoms with Gasteiger partial charge in [0.15, 0.2) is 0 Å². The van der Waals surface area contributed by atoms with Gasteiger partial charge in [-0.3, -0.25) is 5.32 Å². The van der Waals surface area contributed by atoms with Crippen molar-refractivity contribution in [3.63, 3.8) is 0 Å². The van der Waals surface area contributed by atoms with Gasteiger partial charge in [-0.05, 0) is 59.8 Å². The molecular weight excluding hydrogens is 236 g/mol. The Morgan fingerprint density at radius 3 is 2.84 bits per heavy atom. The molecule has 110 valence electrons. The Hall–Kier alpha value is -0.630. The Morgan fingerprint density at radius 2 is 2.26 bits per heavy atom. The van der Waals surface area contributed by atoms with Crippen molar-refractivity contribution in [2.24, 2.45) is 0 Å². The third-order valence-electron chi connectivity index (χ3n) is 4.20. The molecule has 2 atom stereocenters. The normalized spacial score (nSPS) is 24.1. The highest BCUT2D eigenvalue weighted by Gasteiger charge is 2.26. The van der Waals surface area contributed by atoms with Gasteiger partial charge in [0.1, 0.15) is 5.54 Å². The lowest BCUT2D eigenvalue weighted by Crippen LogP contribution is -2.48. The van der Waals surface area contributed by atoms with E-state index in [1.54, 1.807) is 0 Å². The molecule has 0 aromatic heterocycles. The van der Waals surface area contributed by atoms with Gasteiger partial charge in [-0.25, -0.2) is 0 Å². The second-order valence-corrected chi connectivity index (χ2v) is 6.16. The van der Waals surface area contributed by atoms with Crippen molar-refractivity contribution >= 4 is 0 Å². The van der Waals surface area contributed by atoms with E-state index in [0.717, 1.165) is 32.5 Å². The fourth-order valence-electron chi connectivity index (χ4n) is 2.67. The van der Waals surface area contributed by atoms with E-state index in [1.807, 2.05) is 6.92 Å². The SMILES string of the molecule is CCCNC(C)(C#N)CCN(C)C1CCCN(C)C1. The molecule has 0 radical (unpaired) electrons. The summed E-state index contributed by atoms with van der Waals surface area (Å²) in [6.07, 6.45) is 4.53. The van der Waals surface area contributed by atoms with Crippen LogP contribution in [0, 0.1) is 11.3 Å². The van der Waals surface area contributed by atoms with Crippen LogP contribution in [-0.4, -0.2) is 61.7 Å². The van der Waals surface area contributed by atoms with Gasteiger partial charge in [-0.1, -0.05) is 6.92 Å². The second kappa shape index (κ2) is 7.84. The van der Waals surface area contributed by atoms with Crippen molar-refractivity contribution in [3.8, 4) is 6.07 Å². The monoisotopic (exact) mass is 266 g/mol. The Bertz CT molecular complexity index is 299. The molecule has 0 spiro atoms. The molecule has 1 aliphatic heterocycles. The molecule has 4 heteroatoms. The number of hydrogen-bond donors (Lipinski definition) is 1.